The van der Waals surface area contributed by atoms with Gasteiger partial charge in [-0.25, -0.2) is 4.68 Å². The summed E-state index contributed by atoms with van der Waals surface area (Å²) in [6.45, 7) is 1.06. The SMILES string of the molecule is Cn1nc2c(cc1=O)CN(C(=O)c1ccc[nH]1)CC2. The molecule has 98 valence electrons. The third-order valence-corrected chi connectivity index (χ3v) is 3.35. The van der Waals surface area contributed by atoms with E-state index >= 15 is 0 Å². The van der Waals surface area contributed by atoms with Crippen molar-refractivity contribution in [2.24, 2.45) is 7.05 Å². The number of aryl methyl sites for hydroxylation is 1. The van der Waals surface area contributed by atoms with E-state index in [1.54, 1.807) is 36.3 Å². The number of hydrogen-bond acceptors (Lipinski definition) is 3. The number of aromatic nitrogens is 3. The van der Waals surface area contributed by atoms with Gasteiger partial charge in [-0.2, -0.15) is 5.10 Å². The number of aromatic amines is 1. The molecule has 0 saturated heterocycles. The summed E-state index contributed by atoms with van der Waals surface area (Å²) in [6.07, 6.45) is 2.40. The topological polar surface area (TPSA) is 71.0 Å². The van der Waals surface area contributed by atoms with Gasteiger partial charge in [0.2, 0.25) is 0 Å². The summed E-state index contributed by atoms with van der Waals surface area (Å²) in [5, 5.41) is 4.23. The van der Waals surface area contributed by atoms with E-state index in [2.05, 4.69) is 10.1 Å². The first-order valence-electron chi connectivity index (χ1n) is 6.14. The number of nitrogens with zero attached hydrogens (tertiary/aromatic N) is 3. The van der Waals surface area contributed by atoms with Gasteiger partial charge in [-0.3, -0.25) is 9.59 Å². The molecule has 1 aliphatic rings. The van der Waals surface area contributed by atoms with Crippen LogP contribution in [0.25, 0.3) is 0 Å². The predicted molar refractivity (Wildman–Crippen MR) is 68.7 cm³/mol. The van der Waals surface area contributed by atoms with Crippen LogP contribution in [0.5, 0.6) is 0 Å². The van der Waals surface area contributed by atoms with Gasteiger partial charge in [-0.1, -0.05) is 0 Å². The second kappa shape index (κ2) is 4.38. The normalized spacial score (nSPS) is 14.3. The summed E-state index contributed by atoms with van der Waals surface area (Å²) in [5.41, 5.74) is 2.17. The van der Waals surface area contributed by atoms with E-state index in [1.807, 2.05) is 0 Å². The van der Waals surface area contributed by atoms with Gasteiger partial charge in [0, 0.05) is 44.4 Å². The molecule has 0 saturated carbocycles. The van der Waals surface area contributed by atoms with Crippen LogP contribution in [0.3, 0.4) is 0 Å². The lowest BCUT2D eigenvalue weighted by Crippen LogP contribution is -2.38. The third kappa shape index (κ3) is 2.05. The van der Waals surface area contributed by atoms with Gasteiger partial charge in [0.05, 0.1) is 5.69 Å². The van der Waals surface area contributed by atoms with E-state index in [-0.39, 0.29) is 11.5 Å². The van der Waals surface area contributed by atoms with Crippen molar-refractivity contribution < 1.29 is 4.79 Å². The molecule has 0 bridgehead atoms. The highest BCUT2D eigenvalue weighted by molar-refractivity contribution is 5.92. The highest BCUT2D eigenvalue weighted by atomic mass is 16.2. The fourth-order valence-corrected chi connectivity index (χ4v) is 2.30. The van der Waals surface area contributed by atoms with Crippen LogP contribution in [-0.2, 0) is 20.0 Å². The van der Waals surface area contributed by atoms with Gasteiger partial charge in [0.25, 0.3) is 11.5 Å². The number of hydrogen-bond donors (Lipinski definition) is 1. The Labute approximate surface area is 109 Å². The first-order valence-corrected chi connectivity index (χ1v) is 6.14. The largest absolute Gasteiger partial charge is 0.357 e. The molecule has 1 aliphatic heterocycles. The Bertz CT molecular complexity index is 672. The molecule has 1 amide bonds. The number of nitrogens with one attached hydrogen (secondary N) is 1. The predicted octanol–water partition coefficient (Wildman–Crippen LogP) is 0.307. The molecule has 19 heavy (non-hydrogen) atoms. The number of amides is 1. The Balaban J connectivity index is 1.88. The Morgan fingerprint density at radius 3 is 3.05 bits per heavy atom. The standard InChI is InChI=1S/C13H14N4O2/c1-16-12(18)7-9-8-17(6-4-10(9)15-16)13(19)11-3-2-5-14-11/h2-3,5,7,14H,4,6,8H2,1H3. The zero-order valence-corrected chi connectivity index (χ0v) is 10.6. The number of fused-ring (bicyclic) bond motifs is 1. The van der Waals surface area contributed by atoms with E-state index < -0.39 is 0 Å². The minimum absolute atomic E-state index is 0.0451. The van der Waals surface area contributed by atoms with Crippen LogP contribution in [0, 0.1) is 0 Å². The lowest BCUT2D eigenvalue weighted by atomic mass is 10.1. The van der Waals surface area contributed by atoms with E-state index in [0.717, 1.165) is 11.3 Å². The van der Waals surface area contributed by atoms with Crippen molar-refractivity contribution in [2.75, 3.05) is 6.54 Å². The fraction of sp³-hybridized carbons (Fsp3) is 0.308. The van der Waals surface area contributed by atoms with E-state index in [0.29, 0.717) is 25.2 Å². The second-order valence-electron chi connectivity index (χ2n) is 4.64. The van der Waals surface area contributed by atoms with Gasteiger partial charge < -0.3 is 9.88 Å². The van der Waals surface area contributed by atoms with Gasteiger partial charge in [-0.15, -0.1) is 0 Å². The van der Waals surface area contributed by atoms with Crippen molar-refractivity contribution in [1.29, 1.82) is 0 Å². The number of H-pyrrole nitrogens is 1. The molecule has 2 aromatic rings. The molecular weight excluding hydrogens is 244 g/mol. The molecule has 0 aliphatic carbocycles. The first-order chi connectivity index (χ1) is 9.15. The summed E-state index contributed by atoms with van der Waals surface area (Å²) < 4.78 is 1.33. The summed E-state index contributed by atoms with van der Waals surface area (Å²) in [4.78, 5) is 28.4. The lowest BCUT2D eigenvalue weighted by molar-refractivity contribution is 0.0727. The average Bonchev–Trinajstić information content (AvgIpc) is 2.93. The first kappa shape index (κ1) is 11.7. The molecule has 0 spiro atoms. The molecule has 0 aromatic carbocycles. The van der Waals surface area contributed by atoms with E-state index in [9.17, 15) is 9.59 Å². The summed E-state index contributed by atoms with van der Waals surface area (Å²) in [6, 6.07) is 5.11. The van der Waals surface area contributed by atoms with Gasteiger partial charge in [-0.05, 0) is 12.1 Å². The number of rotatable bonds is 1. The second-order valence-corrected chi connectivity index (χ2v) is 4.64. The van der Waals surface area contributed by atoms with Crippen LogP contribution < -0.4 is 5.56 Å². The van der Waals surface area contributed by atoms with Crippen LogP contribution >= 0.6 is 0 Å². The molecule has 3 heterocycles. The van der Waals surface area contributed by atoms with Crippen LogP contribution in [0.15, 0.2) is 29.2 Å². The fourth-order valence-electron chi connectivity index (χ4n) is 2.30. The highest BCUT2D eigenvalue weighted by Crippen LogP contribution is 2.16. The maximum Gasteiger partial charge on any atom is 0.270 e. The Morgan fingerprint density at radius 2 is 2.32 bits per heavy atom. The Hall–Kier alpha value is -2.37. The Morgan fingerprint density at radius 1 is 1.47 bits per heavy atom. The summed E-state index contributed by atoms with van der Waals surface area (Å²) in [7, 11) is 1.64. The smallest absolute Gasteiger partial charge is 0.270 e. The van der Waals surface area contributed by atoms with Crippen molar-refractivity contribution >= 4 is 5.91 Å². The summed E-state index contributed by atoms with van der Waals surface area (Å²) >= 11 is 0. The maximum absolute atomic E-state index is 12.2. The van der Waals surface area contributed by atoms with Gasteiger partial charge in [0.1, 0.15) is 5.69 Å². The molecule has 0 fully saturated rings. The number of carbonyl (C=O) groups is 1. The molecule has 0 unspecified atom stereocenters. The molecular formula is C13H14N4O2. The van der Waals surface area contributed by atoms with Crippen molar-refractivity contribution in [2.45, 2.75) is 13.0 Å². The quantitative estimate of drug-likeness (QED) is 0.800. The highest BCUT2D eigenvalue weighted by Gasteiger charge is 2.23. The molecule has 6 nitrogen and oxygen atoms in total. The zero-order valence-electron chi connectivity index (χ0n) is 10.6. The molecule has 0 atom stereocenters. The van der Waals surface area contributed by atoms with Crippen LogP contribution in [0.4, 0.5) is 0 Å². The van der Waals surface area contributed by atoms with Crippen molar-refractivity contribution in [1.82, 2.24) is 19.7 Å². The monoisotopic (exact) mass is 258 g/mol. The minimum atomic E-state index is -0.145. The number of carbonyl (C=O) groups excluding carboxylic acids is 1. The minimum Gasteiger partial charge on any atom is -0.357 e. The molecule has 1 N–H and O–H groups in total. The van der Waals surface area contributed by atoms with Crippen molar-refractivity contribution in [3.63, 3.8) is 0 Å². The third-order valence-electron chi connectivity index (χ3n) is 3.35. The Kier molecular flexibility index (Phi) is 2.70. The molecule has 0 radical (unpaired) electrons. The van der Waals surface area contributed by atoms with Crippen LogP contribution in [0.2, 0.25) is 0 Å². The van der Waals surface area contributed by atoms with E-state index in [4.69, 9.17) is 0 Å². The van der Waals surface area contributed by atoms with Crippen molar-refractivity contribution in [3.05, 3.63) is 51.7 Å². The lowest BCUT2D eigenvalue weighted by Gasteiger charge is -2.27. The molecule has 6 heteroatoms. The zero-order chi connectivity index (χ0) is 13.4. The van der Waals surface area contributed by atoms with Crippen LogP contribution in [-0.4, -0.2) is 32.1 Å². The van der Waals surface area contributed by atoms with Crippen molar-refractivity contribution in [3.8, 4) is 0 Å². The van der Waals surface area contributed by atoms with E-state index in [1.165, 1.54) is 4.68 Å². The summed E-state index contributed by atoms with van der Waals surface area (Å²) in [5.74, 6) is -0.0451. The molecule has 2 aromatic heterocycles. The average molecular weight is 258 g/mol. The molecule has 3 rings (SSSR count). The maximum atomic E-state index is 12.2. The van der Waals surface area contributed by atoms with Gasteiger partial charge >= 0.3 is 0 Å². The van der Waals surface area contributed by atoms with Gasteiger partial charge in [0.15, 0.2) is 0 Å². The van der Waals surface area contributed by atoms with Crippen LogP contribution in [0.1, 0.15) is 21.7 Å².